The summed E-state index contributed by atoms with van der Waals surface area (Å²) in [6.07, 6.45) is 2.33. The Balaban J connectivity index is 1.79. The Bertz CT molecular complexity index is 378. The number of hydrogen-bond acceptors (Lipinski definition) is 3. The van der Waals surface area contributed by atoms with E-state index in [4.69, 9.17) is 22.1 Å². The van der Waals surface area contributed by atoms with Crippen LogP contribution in [0.3, 0.4) is 0 Å². The van der Waals surface area contributed by atoms with E-state index in [2.05, 4.69) is 11.9 Å². The summed E-state index contributed by atoms with van der Waals surface area (Å²) in [7, 11) is 2.16. The lowest BCUT2D eigenvalue weighted by molar-refractivity contribution is 0.166. The highest BCUT2D eigenvalue weighted by molar-refractivity contribution is 6.30. The minimum Gasteiger partial charge on any atom is -0.492 e. The molecular formula is C14H21ClN2O. The van der Waals surface area contributed by atoms with Gasteiger partial charge in [-0.15, -0.1) is 0 Å². The second-order valence-electron chi connectivity index (χ2n) is 5.07. The van der Waals surface area contributed by atoms with Gasteiger partial charge in [-0.3, -0.25) is 0 Å². The first-order valence-corrected chi connectivity index (χ1v) is 6.85. The molecule has 1 aliphatic heterocycles. The maximum absolute atomic E-state index is 6.20. The van der Waals surface area contributed by atoms with Gasteiger partial charge in [0.2, 0.25) is 0 Å². The normalized spacial score (nSPS) is 19.7. The number of likely N-dealkylation sites (tertiary alicyclic amines) is 1. The highest BCUT2D eigenvalue weighted by Crippen LogP contribution is 2.21. The van der Waals surface area contributed by atoms with E-state index in [0.29, 0.717) is 17.5 Å². The van der Waals surface area contributed by atoms with Crippen LogP contribution in [0.25, 0.3) is 0 Å². The second-order valence-corrected chi connectivity index (χ2v) is 5.51. The molecule has 1 saturated heterocycles. The molecule has 0 aliphatic carbocycles. The average molecular weight is 269 g/mol. The standard InChI is InChI=1S/C14H21ClN2O/c1-17-7-5-11(6-8-17)14(16)10-18-13-4-2-3-12(15)9-13/h2-4,9,11,14H,5-8,10,16H2,1H3. The van der Waals surface area contributed by atoms with E-state index in [-0.39, 0.29) is 6.04 Å². The molecule has 0 amide bonds. The van der Waals surface area contributed by atoms with Gasteiger partial charge in [-0.1, -0.05) is 17.7 Å². The van der Waals surface area contributed by atoms with Crippen molar-refractivity contribution < 1.29 is 4.74 Å². The fourth-order valence-electron chi connectivity index (χ4n) is 2.34. The number of piperidine rings is 1. The van der Waals surface area contributed by atoms with Crippen molar-refractivity contribution in [2.75, 3.05) is 26.7 Å². The summed E-state index contributed by atoms with van der Waals surface area (Å²) >= 11 is 5.91. The molecule has 2 N–H and O–H groups in total. The summed E-state index contributed by atoms with van der Waals surface area (Å²) in [5, 5.41) is 0.695. The molecular weight excluding hydrogens is 248 g/mol. The SMILES string of the molecule is CN1CCC(C(N)COc2cccc(Cl)c2)CC1. The van der Waals surface area contributed by atoms with Gasteiger partial charge in [0.1, 0.15) is 12.4 Å². The molecule has 1 heterocycles. The van der Waals surface area contributed by atoms with Crippen molar-refractivity contribution >= 4 is 11.6 Å². The zero-order valence-electron chi connectivity index (χ0n) is 10.8. The summed E-state index contributed by atoms with van der Waals surface area (Å²) in [5.74, 6) is 1.37. The Morgan fingerprint density at radius 1 is 1.44 bits per heavy atom. The second kappa shape index (κ2) is 6.41. The van der Waals surface area contributed by atoms with Crippen molar-refractivity contribution in [3.8, 4) is 5.75 Å². The maximum Gasteiger partial charge on any atom is 0.120 e. The molecule has 3 nitrogen and oxygen atoms in total. The van der Waals surface area contributed by atoms with Crippen LogP contribution in [0, 0.1) is 5.92 Å². The van der Waals surface area contributed by atoms with Crippen molar-refractivity contribution in [3.05, 3.63) is 29.3 Å². The van der Waals surface area contributed by atoms with Crippen LogP contribution in [-0.4, -0.2) is 37.7 Å². The number of nitrogens with two attached hydrogens (primary N) is 1. The summed E-state index contributed by atoms with van der Waals surface area (Å²) < 4.78 is 5.71. The van der Waals surface area contributed by atoms with E-state index in [1.165, 1.54) is 0 Å². The molecule has 1 aromatic carbocycles. The molecule has 1 unspecified atom stereocenters. The lowest BCUT2D eigenvalue weighted by Crippen LogP contribution is -2.42. The Morgan fingerprint density at radius 3 is 2.83 bits per heavy atom. The molecule has 0 radical (unpaired) electrons. The predicted molar refractivity (Wildman–Crippen MR) is 75.1 cm³/mol. The molecule has 4 heteroatoms. The monoisotopic (exact) mass is 268 g/mol. The molecule has 18 heavy (non-hydrogen) atoms. The number of ether oxygens (including phenoxy) is 1. The fourth-order valence-corrected chi connectivity index (χ4v) is 2.52. The zero-order valence-corrected chi connectivity index (χ0v) is 11.6. The smallest absolute Gasteiger partial charge is 0.120 e. The molecule has 1 aliphatic rings. The molecule has 0 bridgehead atoms. The largest absolute Gasteiger partial charge is 0.492 e. The molecule has 0 saturated carbocycles. The van der Waals surface area contributed by atoms with Gasteiger partial charge >= 0.3 is 0 Å². The summed E-state index contributed by atoms with van der Waals surface area (Å²) in [5.41, 5.74) is 6.20. The maximum atomic E-state index is 6.20. The number of halogens is 1. The summed E-state index contributed by atoms with van der Waals surface area (Å²) in [6.45, 7) is 2.83. The number of rotatable bonds is 4. The molecule has 1 atom stereocenters. The summed E-state index contributed by atoms with van der Waals surface area (Å²) in [6, 6.07) is 7.57. The third-order valence-corrected chi connectivity index (χ3v) is 3.84. The van der Waals surface area contributed by atoms with Gasteiger partial charge in [0, 0.05) is 11.1 Å². The fraction of sp³-hybridized carbons (Fsp3) is 0.571. The minimum absolute atomic E-state index is 0.109. The van der Waals surface area contributed by atoms with Gasteiger partial charge in [-0.05, 0) is 57.1 Å². The molecule has 0 aromatic heterocycles. The van der Waals surface area contributed by atoms with Crippen molar-refractivity contribution in [3.63, 3.8) is 0 Å². The minimum atomic E-state index is 0.109. The molecule has 1 aromatic rings. The van der Waals surface area contributed by atoms with Gasteiger partial charge in [0.15, 0.2) is 0 Å². The first kappa shape index (κ1) is 13.7. The van der Waals surface area contributed by atoms with E-state index in [1.54, 1.807) is 0 Å². The van der Waals surface area contributed by atoms with E-state index in [0.717, 1.165) is 31.7 Å². The molecule has 1 fully saturated rings. The van der Waals surface area contributed by atoms with E-state index < -0.39 is 0 Å². The number of hydrogen-bond donors (Lipinski definition) is 1. The van der Waals surface area contributed by atoms with Crippen LogP contribution in [0.4, 0.5) is 0 Å². The van der Waals surface area contributed by atoms with Crippen LogP contribution in [0.2, 0.25) is 5.02 Å². The van der Waals surface area contributed by atoms with Crippen molar-refractivity contribution in [1.29, 1.82) is 0 Å². The van der Waals surface area contributed by atoms with E-state index >= 15 is 0 Å². The van der Waals surface area contributed by atoms with Crippen LogP contribution in [0.15, 0.2) is 24.3 Å². The van der Waals surface area contributed by atoms with Crippen LogP contribution in [0.1, 0.15) is 12.8 Å². The third kappa shape index (κ3) is 3.87. The van der Waals surface area contributed by atoms with Crippen molar-refractivity contribution in [1.82, 2.24) is 4.90 Å². The van der Waals surface area contributed by atoms with Crippen LogP contribution >= 0.6 is 11.6 Å². The first-order valence-electron chi connectivity index (χ1n) is 6.47. The number of nitrogens with zero attached hydrogens (tertiary/aromatic N) is 1. The molecule has 100 valence electrons. The lowest BCUT2D eigenvalue weighted by atomic mass is 9.90. The quantitative estimate of drug-likeness (QED) is 0.911. The van der Waals surface area contributed by atoms with E-state index in [9.17, 15) is 0 Å². The van der Waals surface area contributed by atoms with Gasteiger partial charge in [-0.25, -0.2) is 0 Å². The molecule has 2 rings (SSSR count). The van der Waals surface area contributed by atoms with E-state index in [1.807, 2.05) is 24.3 Å². The zero-order chi connectivity index (χ0) is 13.0. The Hall–Kier alpha value is -0.770. The average Bonchev–Trinajstić information content (AvgIpc) is 2.37. The van der Waals surface area contributed by atoms with Crippen LogP contribution < -0.4 is 10.5 Å². The van der Waals surface area contributed by atoms with Crippen LogP contribution in [0.5, 0.6) is 5.75 Å². The topological polar surface area (TPSA) is 38.5 Å². The Labute approximate surface area is 114 Å². The first-order chi connectivity index (χ1) is 8.65. The van der Waals surface area contributed by atoms with Crippen molar-refractivity contribution in [2.24, 2.45) is 11.7 Å². The third-order valence-electron chi connectivity index (χ3n) is 3.61. The van der Waals surface area contributed by atoms with Gasteiger partial charge in [0.05, 0.1) is 0 Å². The van der Waals surface area contributed by atoms with Gasteiger partial charge in [-0.2, -0.15) is 0 Å². The van der Waals surface area contributed by atoms with Gasteiger partial charge in [0.25, 0.3) is 0 Å². The summed E-state index contributed by atoms with van der Waals surface area (Å²) in [4.78, 5) is 2.35. The number of benzene rings is 1. The van der Waals surface area contributed by atoms with Gasteiger partial charge < -0.3 is 15.4 Å². The Morgan fingerprint density at radius 2 is 2.17 bits per heavy atom. The lowest BCUT2D eigenvalue weighted by Gasteiger charge is -2.32. The Kier molecular flexibility index (Phi) is 4.87. The predicted octanol–water partition coefficient (Wildman–Crippen LogP) is 2.39. The van der Waals surface area contributed by atoms with Crippen LogP contribution in [-0.2, 0) is 0 Å². The van der Waals surface area contributed by atoms with Crippen molar-refractivity contribution in [2.45, 2.75) is 18.9 Å². The highest BCUT2D eigenvalue weighted by Gasteiger charge is 2.23. The highest BCUT2D eigenvalue weighted by atomic mass is 35.5. The molecule has 0 spiro atoms.